The Kier molecular flexibility index (Phi) is 6.55. The molecular formula is C12H26N2O3S. The van der Waals surface area contributed by atoms with E-state index in [0.29, 0.717) is 25.6 Å². The van der Waals surface area contributed by atoms with Crippen LogP contribution >= 0.6 is 0 Å². The molecule has 1 fully saturated rings. The van der Waals surface area contributed by atoms with E-state index < -0.39 is 10.0 Å². The van der Waals surface area contributed by atoms with Gasteiger partial charge in [0.25, 0.3) is 0 Å². The number of hydrogen-bond donors (Lipinski definition) is 1. The molecule has 0 aromatic heterocycles. The summed E-state index contributed by atoms with van der Waals surface area (Å²) in [4.78, 5) is 0. The topological polar surface area (TPSA) is 58.6 Å². The molecular weight excluding hydrogens is 252 g/mol. The molecule has 108 valence electrons. The highest BCUT2D eigenvalue weighted by atomic mass is 32.2. The molecule has 0 aromatic carbocycles. The van der Waals surface area contributed by atoms with Gasteiger partial charge in [-0.1, -0.05) is 6.92 Å². The molecule has 0 amide bonds. The highest BCUT2D eigenvalue weighted by Gasteiger charge is 2.31. The van der Waals surface area contributed by atoms with E-state index in [1.54, 1.807) is 18.3 Å². The maximum atomic E-state index is 12.3. The first-order valence-electron chi connectivity index (χ1n) is 6.71. The number of hydrogen-bond acceptors (Lipinski definition) is 4. The molecule has 5 nitrogen and oxygen atoms in total. The average molecular weight is 278 g/mol. The van der Waals surface area contributed by atoms with Gasteiger partial charge >= 0.3 is 0 Å². The molecule has 1 aliphatic rings. The highest BCUT2D eigenvalue weighted by Crippen LogP contribution is 2.21. The van der Waals surface area contributed by atoms with Gasteiger partial charge in [-0.3, -0.25) is 0 Å². The second-order valence-electron chi connectivity index (χ2n) is 4.96. The van der Waals surface area contributed by atoms with Gasteiger partial charge in [-0.25, -0.2) is 12.7 Å². The number of sulfonamides is 1. The minimum absolute atomic E-state index is 0.351. The van der Waals surface area contributed by atoms with Crippen LogP contribution in [0.3, 0.4) is 0 Å². The molecule has 0 aliphatic carbocycles. The first-order valence-corrected chi connectivity index (χ1v) is 8.21. The first-order chi connectivity index (χ1) is 8.52. The van der Waals surface area contributed by atoms with Crippen LogP contribution in [0.5, 0.6) is 0 Å². The summed E-state index contributed by atoms with van der Waals surface area (Å²) >= 11 is 0. The summed E-state index contributed by atoms with van der Waals surface area (Å²) in [6.07, 6.45) is 1.81. The van der Waals surface area contributed by atoms with Crippen molar-refractivity contribution in [3.63, 3.8) is 0 Å². The van der Waals surface area contributed by atoms with Crippen molar-refractivity contribution in [3.05, 3.63) is 0 Å². The smallest absolute Gasteiger partial charge is 0.217 e. The van der Waals surface area contributed by atoms with Crippen LogP contribution in [-0.2, 0) is 14.8 Å². The summed E-state index contributed by atoms with van der Waals surface area (Å²) in [5, 5.41) is 2.75. The van der Waals surface area contributed by atoms with Crippen LogP contribution in [0.1, 0.15) is 26.7 Å². The molecule has 0 radical (unpaired) electrons. The van der Waals surface area contributed by atoms with Crippen molar-refractivity contribution in [2.45, 2.75) is 31.9 Å². The Morgan fingerprint density at radius 3 is 2.50 bits per heavy atom. The summed E-state index contributed by atoms with van der Waals surface area (Å²) in [5.41, 5.74) is 0. The molecule has 0 bridgehead atoms. The standard InChI is InChI=1S/C12H26N2O3S/c1-4-13-9-11(2)18(15,16)14-7-5-12(6-8-14)10-17-3/h11-13H,4-10H2,1-3H3. The van der Waals surface area contributed by atoms with E-state index in [4.69, 9.17) is 4.74 Å². The van der Waals surface area contributed by atoms with Gasteiger partial charge in [-0.2, -0.15) is 0 Å². The summed E-state index contributed by atoms with van der Waals surface area (Å²) in [6, 6.07) is 0. The highest BCUT2D eigenvalue weighted by molar-refractivity contribution is 7.89. The third-order valence-electron chi connectivity index (χ3n) is 3.53. The molecule has 0 aromatic rings. The van der Waals surface area contributed by atoms with E-state index in [1.165, 1.54) is 0 Å². The molecule has 6 heteroatoms. The van der Waals surface area contributed by atoms with Gasteiger partial charge in [-0.05, 0) is 32.2 Å². The van der Waals surface area contributed by atoms with Gasteiger partial charge in [0.05, 0.1) is 5.25 Å². The second-order valence-corrected chi connectivity index (χ2v) is 7.31. The van der Waals surface area contributed by atoms with Gasteiger partial charge < -0.3 is 10.1 Å². The third kappa shape index (κ3) is 4.19. The van der Waals surface area contributed by atoms with Crippen LogP contribution in [0.15, 0.2) is 0 Å². The Labute approximate surface area is 111 Å². The van der Waals surface area contributed by atoms with Crippen LogP contribution < -0.4 is 5.32 Å². The van der Waals surface area contributed by atoms with Crippen LogP contribution in [0.25, 0.3) is 0 Å². The molecule has 1 unspecified atom stereocenters. The SMILES string of the molecule is CCNCC(C)S(=O)(=O)N1CCC(COC)CC1. The Morgan fingerprint density at radius 2 is 2.00 bits per heavy atom. The zero-order valence-electron chi connectivity index (χ0n) is 11.7. The molecule has 0 spiro atoms. The van der Waals surface area contributed by atoms with E-state index >= 15 is 0 Å². The zero-order chi connectivity index (χ0) is 13.6. The monoisotopic (exact) mass is 278 g/mol. The molecule has 1 saturated heterocycles. The fraction of sp³-hybridized carbons (Fsp3) is 1.00. The van der Waals surface area contributed by atoms with Crippen LogP contribution in [0, 0.1) is 5.92 Å². The van der Waals surface area contributed by atoms with E-state index in [2.05, 4.69) is 5.32 Å². The maximum absolute atomic E-state index is 12.3. The molecule has 1 rings (SSSR count). The average Bonchev–Trinajstić information content (AvgIpc) is 2.37. The van der Waals surface area contributed by atoms with Crippen LogP contribution in [0.2, 0.25) is 0 Å². The van der Waals surface area contributed by atoms with Crippen molar-refractivity contribution < 1.29 is 13.2 Å². The van der Waals surface area contributed by atoms with Crippen molar-refractivity contribution in [2.75, 3.05) is 39.9 Å². The predicted molar refractivity (Wildman–Crippen MR) is 73.1 cm³/mol. The Bertz CT molecular complexity index is 324. The third-order valence-corrected chi connectivity index (χ3v) is 5.79. The zero-order valence-corrected chi connectivity index (χ0v) is 12.5. The summed E-state index contributed by atoms with van der Waals surface area (Å²) in [5.74, 6) is 0.505. The first kappa shape index (κ1) is 15.9. The molecule has 1 N–H and O–H groups in total. The van der Waals surface area contributed by atoms with Crippen molar-refractivity contribution in [2.24, 2.45) is 5.92 Å². The predicted octanol–water partition coefficient (Wildman–Crippen LogP) is 0.673. The molecule has 0 saturated carbocycles. The molecule has 1 heterocycles. The van der Waals surface area contributed by atoms with Gasteiger partial charge in [0.1, 0.15) is 0 Å². The fourth-order valence-electron chi connectivity index (χ4n) is 2.27. The van der Waals surface area contributed by atoms with Crippen molar-refractivity contribution in [1.82, 2.24) is 9.62 Å². The Hall–Kier alpha value is -0.170. The minimum atomic E-state index is -3.14. The van der Waals surface area contributed by atoms with Crippen molar-refractivity contribution in [1.29, 1.82) is 0 Å². The number of ether oxygens (including phenoxy) is 1. The fourth-order valence-corrected chi connectivity index (χ4v) is 3.83. The van der Waals surface area contributed by atoms with Gasteiger partial charge in [0, 0.05) is 33.4 Å². The number of rotatable bonds is 7. The molecule has 1 aliphatic heterocycles. The Morgan fingerprint density at radius 1 is 1.39 bits per heavy atom. The van der Waals surface area contributed by atoms with E-state index in [9.17, 15) is 8.42 Å². The summed E-state index contributed by atoms with van der Waals surface area (Å²) < 4.78 is 31.4. The van der Waals surface area contributed by atoms with Crippen molar-refractivity contribution in [3.8, 4) is 0 Å². The second kappa shape index (κ2) is 7.43. The van der Waals surface area contributed by atoms with E-state index in [-0.39, 0.29) is 5.25 Å². The molecule has 18 heavy (non-hydrogen) atoms. The number of piperidine rings is 1. The molecule has 1 atom stereocenters. The largest absolute Gasteiger partial charge is 0.384 e. The minimum Gasteiger partial charge on any atom is -0.384 e. The quantitative estimate of drug-likeness (QED) is 0.744. The lowest BCUT2D eigenvalue weighted by molar-refractivity contribution is 0.121. The van der Waals surface area contributed by atoms with Gasteiger partial charge in [0.2, 0.25) is 10.0 Å². The lowest BCUT2D eigenvalue weighted by Gasteiger charge is -2.32. The number of nitrogens with one attached hydrogen (secondary N) is 1. The summed E-state index contributed by atoms with van der Waals surface area (Å²) in [7, 11) is -1.45. The van der Waals surface area contributed by atoms with E-state index in [0.717, 1.165) is 26.0 Å². The van der Waals surface area contributed by atoms with Gasteiger partial charge in [-0.15, -0.1) is 0 Å². The van der Waals surface area contributed by atoms with E-state index in [1.807, 2.05) is 6.92 Å². The number of methoxy groups -OCH3 is 1. The lowest BCUT2D eigenvalue weighted by Crippen LogP contribution is -2.45. The van der Waals surface area contributed by atoms with Crippen molar-refractivity contribution >= 4 is 10.0 Å². The normalized spacial score (nSPS) is 21.1. The maximum Gasteiger partial charge on any atom is 0.217 e. The lowest BCUT2D eigenvalue weighted by atomic mass is 9.99. The van der Waals surface area contributed by atoms with Gasteiger partial charge in [0.15, 0.2) is 0 Å². The van der Waals surface area contributed by atoms with Crippen LogP contribution in [0.4, 0.5) is 0 Å². The summed E-state index contributed by atoms with van der Waals surface area (Å²) in [6.45, 7) is 7.09. The van der Waals surface area contributed by atoms with Crippen LogP contribution in [-0.4, -0.2) is 57.9 Å². The Balaban J connectivity index is 2.49. The number of nitrogens with zero attached hydrogens (tertiary/aromatic N) is 1.